The van der Waals surface area contributed by atoms with Gasteiger partial charge >= 0.3 is 0 Å². The Bertz CT molecular complexity index is 375. The van der Waals surface area contributed by atoms with Gasteiger partial charge in [0.15, 0.2) is 5.82 Å². The van der Waals surface area contributed by atoms with Crippen LogP contribution >= 0.6 is 0 Å². The molecule has 1 aliphatic carbocycles. The van der Waals surface area contributed by atoms with E-state index in [2.05, 4.69) is 15.3 Å². The first kappa shape index (κ1) is 12.5. The zero-order valence-electron chi connectivity index (χ0n) is 10.9. The van der Waals surface area contributed by atoms with Crippen LogP contribution in [0.2, 0.25) is 0 Å². The number of hydrogen-bond donors (Lipinski definition) is 1. The first-order valence-corrected chi connectivity index (χ1v) is 6.31. The monoisotopic (exact) mass is 235 g/mol. The van der Waals surface area contributed by atoms with Crippen molar-refractivity contribution in [3.05, 3.63) is 23.8 Å². The molecule has 1 aliphatic rings. The summed E-state index contributed by atoms with van der Waals surface area (Å²) in [5.74, 6) is 0.759. The molecule has 1 aromatic rings. The Kier molecular flexibility index (Phi) is 3.74. The van der Waals surface area contributed by atoms with E-state index in [4.69, 9.17) is 4.74 Å². The van der Waals surface area contributed by atoms with Gasteiger partial charge in [0.05, 0.1) is 5.69 Å². The molecule has 0 unspecified atom stereocenters. The molecule has 0 atom stereocenters. The molecule has 0 bridgehead atoms. The average Bonchev–Trinajstić information content (AvgIpc) is 3.10. The molecule has 1 N–H and O–H groups in total. The Balaban J connectivity index is 2.03. The van der Waals surface area contributed by atoms with Crippen LogP contribution in [-0.4, -0.2) is 22.6 Å². The van der Waals surface area contributed by atoms with Crippen LogP contribution in [0.5, 0.6) is 0 Å². The second kappa shape index (κ2) is 5.10. The topological polar surface area (TPSA) is 47.0 Å². The highest BCUT2D eigenvalue weighted by Gasteiger charge is 2.25. The van der Waals surface area contributed by atoms with Crippen molar-refractivity contribution >= 4 is 0 Å². The highest BCUT2D eigenvalue weighted by atomic mass is 16.5. The van der Waals surface area contributed by atoms with Gasteiger partial charge in [-0.25, -0.2) is 9.97 Å². The van der Waals surface area contributed by atoms with Crippen LogP contribution in [0.25, 0.3) is 0 Å². The number of nitrogens with one attached hydrogen (secondary N) is 1. The van der Waals surface area contributed by atoms with Crippen molar-refractivity contribution in [1.82, 2.24) is 15.3 Å². The molecule has 0 aliphatic heterocycles. The Hall–Kier alpha value is -1.00. The maximum absolute atomic E-state index is 5.66. The van der Waals surface area contributed by atoms with Crippen molar-refractivity contribution in [3.63, 3.8) is 0 Å². The van der Waals surface area contributed by atoms with Gasteiger partial charge in [-0.2, -0.15) is 0 Å². The van der Waals surface area contributed by atoms with Crippen LogP contribution in [0.3, 0.4) is 0 Å². The van der Waals surface area contributed by atoms with Gasteiger partial charge in [-0.1, -0.05) is 0 Å². The molecule has 1 saturated carbocycles. The first-order valence-electron chi connectivity index (χ1n) is 6.31. The summed E-state index contributed by atoms with van der Waals surface area (Å²) in [4.78, 5) is 8.87. The van der Waals surface area contributed by atoms with Gasteiger partial charge in [-0.3, -0.25) is 0 Å². The zero-order chi connectivity index (χ0) is 12.3. The summed E-state index contributed by atoms with van der Waals surface area (Å²) in [5, 5.41) is 3.45. The number of aromatic nitrogens is 2. The van der Waals surface area contributed by atoms with Crippen molar-refractivity contribution in [3.8, 4) is 0 Å². The SMILES string of the molecule is CCOC(C)(C)c1nccc(CNC2CC2)n1. The predicted molar refractivity (Wildman–Crippen MR) is 66.5 cm³/mol. The lowest BCUT2D eigenvalue weighted by atomic mass is 10.1. The fourth-order valence-electron chi connectivity index (χ4n) is 1.75. The van der Waals surface area contributed by atoms with Crippen LogP contribution in [0.4, 0.5) is 0 Å². The van der Waals surface area contributed by atoms with Crippen LogP contribution in [-0.2, 0) is 16.9 Å². The summed E-state index contributed by atoms with van der Waals surface area (Å²) in [7, 11) is 0. The Morgan fingerprint density at radius 1 is 1.47 bits per heavy atom. The molecule has 0 saturated heterocycles. The van der Waals surface area contributed by atoms with Crippen molar-refractivity contribution in [2.45, 2.75) is 51.8 Å². The molecular formula is C13H21N3O. The smallest absolute Gasteiger partial charge is 0.159 e. The Labute approximate surface area is 103 Å². The second-order valence-electron chi connectivity index (χ2n) is 4.97. The summed E-state index contributed by atoms with van der Waals surface area (Å²) >= 11 is 0. The molecule has 0 radical (unpaired) electrons. The minimum absolute atomic E-state index is 0.412. The molecular weight excluding hydrogens is 214 g/mol. The first-order chi connectivity index (χ1) is 8.12. The van der Waals surface area contributed by atoms with E-state index in [1.54, 1.807) is 0 Å². The second-order valence-corrected chi connectivity index (χ2v) is 4.97. The summed E-state index contributed by atoms with van der Waals surface area (Å²) in [6, 6.07) is 2.66. The lowest BCUT2D eigenvalue weighted by Gasteiger charge is -2.23. The zero-order valence-corrected chi connectivity index (χ0v) is 10.9. The van der Waals surface area contributed by atoms with Crippen molar-refractivity contribution < 1.29 is 4.74 Å². The third-order valence-electron chi connectivity index (χ3n) is 2.91. The van der Waals surface area contributed by atoms with Gasteiger partial charge in [0.2, 0.25) is 0 Å². The molecule has 0 spiro atoms. The molecule has 2 rings (SSSR count). The molecule has 4 heteroatoms. The lowest BCUT2D eigenvalue weighted by molar-refractivity contribution is -0.0209. The maximum Gasteiger partial charge on any atom is 0.159 e. The average molecular weight is 235 g/mol. The predicted octanol–water partition coefficient (Wildman–Crippen LogP) is 2.00. The van der Waals surface area contributed by atoms with Gasteiger partial charge in [0.25, 0.3) is 0 Å². The van der Waals surface area contributed by atoms with E-state index in [1.807, 2.05) is 33.0 Å². The van der Waals surface area contributed by atoms with E-state index in [-0.39, 0.29) is 0 Å². The van der Waals surface area contributed by atoms with Gasteiger partial charge < -0.3 is 10.1 Å². The third-order valence-corrected chi connectivity index (χ3v) is 2.91. The van der Waals surface area contributed by atoms with Crippen molar-refractivity contribution in [2.75, 3.05) is 6.61 Å². The standard InChI is InChI=1S/C13H21N3O/c1-4-17-13(2,3)12-14-8-7-11(16-12)9-15-10-5-6-10/h7-8,10,15H,4-6,9H2,1-3H3. The third kappa shape index (κ3) is 3.48. The molecule has 1 heterocycles. The maximum atomic E-state index is 5.66. The molecule has 4 nitrogen and oxygen atoms in total. The largest absolute Gasteiger partial charge is 0.368 e. The van der Waals surface area contributed by atoms with Gasteiger partial charge in [-0.15, -0.1) is 0 Å². The van der Waals surface area contributed by atoms with E-state index < -0.39 is 5.60 Å². The number of ether oxygens (including phenoxy) is 1. The molecule has 17 heavy (non-hydrogen) atoms. The molecule has 94 valence electrons. The Morgan fingerprint density at radius 2 is 2.24 bits per heavy atom. The van der Waals surface area contributed by atoms with Gasteiger partial charge in [-0.05, 0) is 39.7 Å². The summed E-state index contributed by atoms with van der Waals surface area (Å²) in [5.41, 5.74) is 0.624. The van der Waals surface area contributed by atoms with Crippen LogP contribution in [0.15, 0.2) is 12.3 Å². The quantitative estimate of drug-likeness (QED) is 0.819. The van der Waals surface area contributed by atoms with E-state index >= 15 is 0 Å². The number of nitrogens with zero attached hydrogens (tertiary/aromatic N) is 2. The highest BCUT2D eigenvalue weighted by molar-refractivity contribution is 5.07. The van der Waals surface area contributed by atoms with E-state index in [0.717, 1.165) is 18.1 Å². The van der Waals surface area contributed by atoms with Crippen molar-refractivity contribution in [1.29, 1.82) is 0 Å². The van der Waals surface area contributed by atoms with E-state index in [1.165, 1.54) is 12.8 Å². The molecule has 0 amide bonds. The fourth-order valence-corrected chi connectivity index (χ4v) is 1.75. The minimum Gasteiger partial charge on any atom is -0.368 e. The van der Waals surface area contributed by atoms with Crippen LogP contribution < -0.4 is 5.32 Å². The van der Waals surface area contributed by atoms with Gasteiger partial charge in [0, 0.05) is 25.4 Å². The molecule has 1 aromatic heterocycles. The Morgan fingerprint density at radius 3 is 2.88 bits per heavy atom. The molecule has 1 fully saturated rings. The van der Waals surface area contributed by atoms with Crippen LogP contribution in [0, 0.1) is 0 Å². The lowest BCUT2D eigenvalue weighted by Crippen LogP contribution is -2.26. The summed E-state index contributed by atoms with van der Waals surface area (Å²) in [6.07, 6.45) is 4.40. The van der Waals surface area contributed by atoms with E-state index in [0.29, 0.717) is 12.6 Å². The number of rotatable bonds is 6. The molecule has 0 aromatic carbocycles. The van der Waals surface area contributed by atoms with Gasteiger partial charge in [0.1, 0.15) is 5.60 Å². The minimum atomic E-state index is -0.412. The summed E-state index contributed by atoms with van der Waals surface area (Å²) < 4.78 is 5.66. The highest BCUT2D eigenvalue weighted by Crippen LogP contribution is 2.21. The number of hydrogen-bond acceptors (Lipinski definition) is 4. The fraction of sp³-hybridized carbons (Fsp3) is 0.692. The van der Waals surface area contributed by atoms with Crippen LogP contribution in [0.1, 0.15) is 45.1 Å². The summed E-state index contributed by atoms with van der Waals surface area (Å²) in [6.45, 7) is 7.48. The van der Waals surface area contributed by atoms with Crippen molar-refractivity contribution in [2.24, 2.45) is 0 Å². The normalized spacial score (nSPS) is 16.2. The van der Waals surface area contributed by atoms with E-state index in [9.17, 15) is 0 Å².